The summed E-state index contributed by atoms with van der Waals surface area (Å²) < 4.78 is 0. The summed E-state index contributed by atoms with van der Waals surface area (Å²) in [6.07, 6.45) is 34.7. The van der Waals surface area contributed by atoms with E-state index in [9.17, 15) is 4.79 Å². The molecule has 1 N–H and O–H groups in total. The lowest BCUT2D eigenvalue weighted by molar-refractivity contribution is -0.137. The van der Waals surface area contributed by atoms with Gasteiger partial charge in [-0.1, -0.05) is 175 Å². The Morgan fingerprint density at radius 3 is 0.750 bits per heavy atom. The average Bonchev–Trinajstić information content (AvgIpc) is 2.78. The van der Waals surface area contributed by atoms with Crippen molar-refractivity contribution >= 4 is 5.97 Å². The molecule has 0 atom stereocenters. The third kappa shape index (κ3) is 36.8. The van der Waals surface area contributed by atoms with Gasteiger partial charge in [0.05, 0.1) is 0 Å². The van der Waals surface area contributed by atoms with E-state index in [1.54, 1.807) is 0 Å². The summed E-state index contributed by atoms with van der Waals surface area (Å²) in [5, 5.41) is 8.49. The number of carboxylic acid groups (broad SMARTS) is 1. The van der Waals surface area contributed by atoms with Gasteiger partial charge >= 0.3 is 5.97 Å². The van der Waals surface area contributed by atoms with Gasteiger partial charge in [-0.25, -0.2) is 0 Å². The SMILES string of the molecule is CCCCCCCCCCCCCC.CCCCCCCCCCCCCCCC(=O)O. The first-order valence-electron chi connectivity index (χ1n) is 14.9. The van der Waals surface area contributed by atoms with Crippen LogP contribution in [-0.2, 0) is 4.79 Å². The van der Waals surface area contributed by atoms with Gasteiger partial charge in [0.15, 0.2) is 0 Å². The molecule has 0 aromatic carbocycles. The lowest BCUT2D eigenvalue weighted by Gasteiger charge is -2.02. The highest BCUT2D eigenvalue weighted by Gasteiger charge is 1.97. The zero-order valence-corrected chi connectivity index (χ0v) is 22.7. The molecule has 0 heterocycles. The molecule has 0 unspecified atom stereocenters. The molecule has 0 radical (unpaired) electrons. The molecule has 194 valence electrons. The zero-order valence-electron chi connectivity index (χ0n) is 22.7. The van der Waals surface area contributed by atoms with Crippen molar-refractivity contribution in [2.24, 2.45) is 0 Å². The minimum atomic E-state index is -0.655. The highest BCUT2D eigenvalue weighted by atomic mass is 16.4. The number of rotatable bonds is 25. The predicted molar refractivity (Wildman–Crippen MR) is 145 cm³/mol. The first-order chi connectivity index (χ1) is 15.7. The molecular weight excluding hydrogens is 392 g/mol. The Labute approximate surface area is 203 Å². The molecule has 0 aromatic heterocycles. The Bertz CT molecular complexity index is 315. The summed E-state index contributed by atoms with van der Waals surface area (Å²) in [4.78, 5) is 10.3. The topological polar surface area (TPSA) is 37.3 Å². The molecule has 0 spiro atoms. The van der Waals surface area contributed by atoms with E-state index in [2.05, 4.69) is 20.8 Å². The van der Waals surface area contributed by atoms with Crippen LogP contribution in [0.4, 0.5) is 0 Å². The zero-order chi connectivity index (χ0) is 24.0. The van der Waals surface area contributed by atoms with E-state index in [-0.39, 0.29) is 0 Å². The van der Waals surface area contributed by atoms with Gasteiger partial charge in [-0.3, -0.25) is 4.79 Å². The molecule has 2 heteroatoms. The maximum Gasteiger partial charge on any atom is 0.303 e. The molecule has 0 aliphatic carbocycles. The van der Waals surface area contributed by atoms with Crippen molar-refractivity contribution in [1.82, 2.24) is 0 Å². The molecule has 0 saturated carbocycles. The van der Waals surface area contributed by atoms with Crippen molar-refractivity contribution in [3.8, 4) is 0 Å². The van der Waals surface area contributed by atoms with Crippen molar-refractivity contribution in [2.75, 3.05) is 0 Å². The summed E-state index contributed by atoms with van der Waals surface area (Å²) in [7, 11) is 0. The maximum absolute atomic E-state index is 10.3. The van der Waals surface area contributed by atoms with E-state index in [0.29, 0.717) is 6.42 Å². The summed E-state index contributed by atoms with van der Waals surface area (Å²) in [6, 6.07) is 0. The lowest BCUT2D eigenvalue weighted by atomic mass is 10.0. The number of carboxylic acids is 1. The number of aliphatic carboxylic acids is 1. The van der Waals surface area contributed by atoms with E-state index in [4.69, 9.17) is 5.11 Å². The number of hydrogen-bond donors (Lipinski definition) is 1. The summed E-state index contributed by atoms with van der Waals surface area (Å²) in [5.74, 6) is -0.655. The van der Waals surface area contributed by atoms with Crippen LogP contribution in [0.25, 0.3) is 0 Å². The quantitative estimate of drug-likeness (QED) is 0.139. The average molecular weight is 455 g/mol. The number of carbonyl (C=O) groups is 1. The van der Waals surface area contributed by atoms with Crippen LogP contribution < -0.4 is 0 Å². The van der Waals surface area contributed by atoms with Crippen LogP contribution in [0.2, 0.25) is 0 Å². The molecule has 0 saturated heterocycles. The van der Waals surface area contributed by atoms with Gasteiger partial charge in [0.2, 0.25) is 0 Å². The van der Waals surface area contributed by atoms with Crippen molar-refractivity contribution in [1.29, 1.82) is 0 Å². The molecule has 32 heavy (non-hydrogen) atoms. The molecule has 2 nitrogen and oxygen atoms in total. The molecule has 0 rings (SSSR count). The van der Waals surface area contributed by atoms with Gasteiger partial charge < -0.3 is 5.11 Å². The minimum absolute atomic E-state index is 0.345. The lowest BCUT2D eigenvalue weighted by Crippen LogP contribution is -1.93. The Hall–Kier alpha value is -0.530. The van der Waals surface area contributed by atoms with Crippen molar-refractivity contribution in [3.05, 3.63) is 0 Å². The normalized spacial score (nSPS) is 10.7. The monoisotopic (exact) mass is 454 g/mol. The van der Waals surface area contributed by atoms with Crippen LogP contribution in [0, 0.1) is 0 Å². The fourth-order valence-corrected chi connectivity index (χ4v) is 4.21. The van der Waals surface area contributed by atoms with E-state index >= 15 is 0 Å². The van der Waals surface area contributed by atoms with Gasteiger partial charge in [-0.15, -0.1) is 0 Å². The third-order valence-electron chi connectivity index (χ3n) is 6.45. The van der Waals surface area contributed by atoms with E-state index < -0.39 is 5.97 Å². The van der Waals surface area contributed by atoms with Gasteiger partial charge in [0.1, 0.15) is 0 Å². The predicted octanol–water partition coefficient (Wildman–Crippen LogP) is 11.3. The fourth-order valence-electron chi connectivity index (χ4n) is 4.21. The van der Waals surface area contributed by atoms with Gasteiger partial charge in [-0.2, -0.15) is 0 Å². The number of unbranched alkanes of at least 4 members (excludes halogenated alkanes) is 23. The first-order valence-corrected chi connectivity index (χ1v) is 14.9. The Balaban J connectivity index is 0. The van der Waals surface area contributed by atoms with Gasteiger partial charge in [-0.05, 0) is 6.42 Å². The Morgan fingerprint density at radius 2 is 0.562 bits per heavy atom. The van der Waals surface area contributed by atoms with Gasteiger partial charge in [0, 0.05) is 6.42 Å². The Morgan fingerprint density at radius 1 is 0.375 bits per heavy atom. The second-order valence-corrected chi connectivity index (χ2v) is 9.92. The van der Waals surface area contributed by atoms with Crippen LogP contribution in [-0.4, -0.2) is 11.1 Å². The van der Waals surface area contributed by atoms with Gasteiger partial charge in [0.25, 0.3) is 0 Å². The molecule has 0 fully saturated rings. The van der Waals surface area contributed by atoms with E-state index in [1.165, 1.54) is 148 Å². The van der Waals surface area contributed by atoms with Crippen LogP contribution in [0.1, 0.15) is 188 Å². The highest BCUT2D eigenvalue weighted by Crippen LogP contribution is 2.13. The molecule has 0 bridgehead atoms. The van der Waals surface area contributed by atoms with Crippen molar-refractivity contribution in [2.45, 2.75) is 188 Å². The molecule has 0 aliphatic heterocycles. The smallest absolute Gasteiger partial charge is 0.303 e. The summed E-state index contributed by atoms with van der Waals surface area (Å²) in [5.41, 5.74) is 0. The van der Waals surface area contributed by atoms with Crippen molar-refractivity contribution < 1.29 is 9.90 Å². The minimum Gasteiger partial charge on any atom is -0.481 e. The fraction of sp³-hybridized carbons (Fsp3) is 0.967. The number of hydrogen-bond acceptors (Lipinski definition) is 1. The van der Waals surface area contributed by atoms with Crippen molar-refractivity contribution in [3.63, 3.8) is 0 Å². The summed E-state index contributed by atoms with van der Waals surface area (Å²) >= 11 is 0. The third-order valence-corrected chi connectivity index (χ3v) is 6.45. The molecular formula is C30H62O2. The molecule has 0 aliphatic rings. The largest absolute Gasteiger partial charge is 0.481 e. The van der Waals surface area contributed by atoms with Crippen LogP contribution in [0.15, 0.2) is 0 Å². The second kappa shape index (κ2) is 32.6. The summed E-state index contributed by atoms with van der Waals surface area (Å²) in [6.45, 7) is 6.83. The second-order valence-electron chi connectivity index (χ2n) is 9.92. The first kappa shape index (κ1) is 33.6. The molecule has 0 amide bonds. The van der Waals surface area contributed by atoms with Crippen LogP contribution in [0.3, 0.4) is 0 Å². The van der Waals surface area contributed by atoms with E-state index in [1.807, 2.05) is 0 Å². The standard InChI is InChI=1S/C16H32O2.C14H30/c1-2-3-4-5-6-7-8-9-10-11-12-13-14-15-16(17)18;1-3-5-7-9-11-13-14-12-10-8-6-4-2/h2-15H2,1H3,(H,17,18);3-14H2,1-2H3. The van der Waals surface area contributed by atoms with E-state index in [0.717, 1.165) is 12.8 Å². The Kier molecular flexibility index (Phi) is 34.3. The van der Waals surface area contributed by atoms with Crippen LogP contribution in [0.5, 0.6) is 0 Å². The van der Waals surface area contributed by atoms with Crippen LogP contribution >= 0.6 is 0 Å². The maximum atomic E-state index is 10.3. The highest BCUT2D eigenvalue weighted by molar-refractivity contribution is 5.66. The molecule has 0 aromatic rings.